The molecule has 0 aromatic heterocycles. The van der Waals surface area contributed by atoms with E-state index in [1.165, 1.54) is 4.90 Å². The van der Waals surface area contributed by atoms with Gasteiger partial charge in [-0.25, -0.2) is 4.79 Å². The number of fused-ring (bicyclic) bond motifs is 1. The predicted molar refractivity (Wildman–Crippen MR) is 113 cm³/mol. The molecule has 0 atom stereocenters. The van der Waals surface area contributed by atoms with Crippen molar-refractivity contribution >= 4 is 23.8 Å². The van der Waals surface area contributed by atoms with Gasteiger partial charge in [0.15, 0.2) is 0 Å². The zero-order chi connectivity index (χ0) is 22.0. The molecule has 1 saturated heterocycles. The van der Waals surface area contributed by atoms with Gasteiger partial charge in [0, 0.05) is 30.7 Å². The predicted octanol–water partition coefficient (Wildman–Crippen LogP) is 2.97. The Kier molecular flexibility index (Phi) is 6.25. The van der Waals surface area contributed by atoms with Crippen LogP contribution in [-0.4, -0.2) is 65.4 Å². The average molecular weight is 428 g/mol. The maximum Gasteiger partial charge on any atom is 0.407 e. The number of likely N-dealkylation sites (tertiary alicyclic amines) is 1. The maximum absolute atomic E-state index is 13.0. The lowest BCUT2D eigenvalue weighted by molar-refractivity contribution is 0.0548. The molecule has 31 heavy (non-hydrogen) atoms. The zero-order valence-corrected chi connectivity index (χ0v) is 17.9. The van der Waals surface area contributed by atoms with Crippen molar-refractivity contribution in [2.45, 2.75) is 64.0 Å². The molecule has 1 N–H and O–H groups in total. The van der Waals surface area contributed by atoms with Crippen LogP contribution in [-0.2, 0) is 4.74 Å². The first-order valence-electron chi connectivity index (χ1n) is 11.2. The Morgan fingerprint density at radius 3 is 2.35 bits per heavy atom. The number of imide groups is 1. The summed E-state index contributed by atoms with van der Waals surface area (Å²) < 4.78 is 4.91. The largest absolute Gasteiger partial charge is 0.450 e. The second kappa shape index (κ2) is 9.08. The molecule has 2 heterocycles. The fourth-order valence-electron chi connectivity index (χ4n) is 4.81. The smallest absolute Gasteiger partial charge is 0.407 e. The second-order valence-corrected chi connectivity index (χ2v) is 8.46. The number of nitrogens with one attached hydrogen (secondary N) is 1. The minimum atomic E-state index is -0.434. The van der Waals surface area contributed by atoms with E-state index in [9.17, 15) is 19.2 Å². The molecule has 1 aromatic rings. The van der Waals surface area contributed by atoms with Crippen LogP contribution >= 0.6 is 0 Å². The summed E-state index contributed by atoms with van der Waals surface area (Å²) in [6, 6.07) is 4.77. The summed E-state index contributed by atoms with van der Waals surface area (Å²) in [5.41, 5.74) is 1.15. The third kappa shape index (κ3) is 4.29. The van der Waals surface area contributed by atoms with E-state index in [4.69, 9.17) is 4.74 Å². The highest BCUT2D eigenvalue weighted by atomic mass is 16.5. The summed E-state index contributed by atoms with van der Waals surface area (Å²) >= 11 is 0. The van der Waals surface area contributed by atoms with Crippen LogP contribution in [0.1, 0.15) is 82.9 Å². The monoisotopic (exact) mass is 427 g/mol. The highest BCUT2D eigenvalue weighted by Gasteiger charge is 2.40. The Labute approximate surface area is 181 Å². The highest BCUT2D eigenvalue weighted by Crippen LogP contribution is 2.31. The molecule has 166 valence electrons. The lowest BCUT2D eigenvalue weighted by Gasteiger charge is -2.32. The average Bonchev–Trinajstić information content (AvgIpc) is 3.04. The molecular formula is C23H29N3O5. The lowest BCUT2D eigenvalue weighted by Crippen LogP contribution is -2.46. The number of piperidine rings is 1. The van der Waals surface area contributed by atoms with Crippen LogP contribution in [0.3, 0.4) is 0 Å². The minimum absolute atomic E-state index is 0.0219. The maximum atomic E-state index is 13.0. The number of hydrogen-bond donors (Lipinski definition) is 1. The third-order valence-electron chi connectivity index (χ3n) is 6.48. The van der Waals surface area contributed by atoms with Crippen LogP contribution in [0.5, 0.6) is 0 Å². The molecule has 2 fully saturated rings. The number of alkyl carbamates (subject to hydrolysis) is 1. The van der Waals surface area contributed by atoms with E-state index in [-0.39, 0.29) is 29.8 Å². The topological polar surface area (TPSA) is 96.0 Å². The van der Waals surface area contributed by atoms with Gasteiger partial charge in [0.1, 0.15) is 0 Å². The van der Waals surface area contributed by atoms with E-state index in [0.717, 1.165) is 32.1 Å². The van der Waals surface area contributed by atoms with Crippen molar-refractivity contribution in [1.29, 1.82) is 0 Å². The molecule has 0 bridgehead atoms. The first-order valence-corrected chi connectivity index (χ1v) is 11.2. The van der Waals surface area contributed by atoms with E-state index in [1.54, 1.807) is 30.0 Å². The number of hydrogen-bond acceptors (Lipinski definition) is 5. The van der Waals surface area contributed by atoms with Crippen LogP contribution in [0.2, 0.25) is 0 Å². The molecule has 4 amide bonds. The second-order valence-electron chi connectivity index (χ2n) is 8.46. The van der Waals surface area contributed by atoms with Crippen molar-refractivity contribution in [3.8, 4) is 0 Å². The van der Waals surface area contributed by atoms with Gasteiger partial charge in [-0.1, -0.05) is 19.3 Å². The van der Waals surface area contributed by atoms with Crippen molar-refractivity contribution in [3.05, 3.63) is 34.9 Å². The van der Waals surface area contributed by atoms with E-state index in [1.807, 2.05) is 0 Å². The van der Waals surface area contributed by atoms with Gasteiger partial charge in [-0.15, -0.1) is 0 Å². The summed E-state index contributed by atoms with van der Waals surface area (Å²) in [7, 11) is 0. The van der Waals surface area contributed by atoms with Crippen LogP contribution in [0.25, 0.3) is 0 Å². The standard InChI is InChI=1S/C23H29N3O5/c1-2-31-23(30)24-16-10-12-25(13-11-16)20(27)15-8-9-18-19(14-15)22(29)26(21(18)28)17-6-4-3-5-7-17/h8-9,14,16-17H,2-7,10-13H2,1H3,(H,24,30). The fraction of sp³-hybridized carbons (Fsp3) is 0.565. The van der Waals surface area contributed by atoms with E-state index >= 15 is 0 Å². The normalized spacial score (nSPS) is 20.0. The SMILES string of the molecule is CCOC(=O)NC1CCN(C(=O)c2ccc3c(c2)C(=O)N(C2CCCCC2)C3=O)CC1. The molecule has 4 rings (SSSR count). The number of carbonyl (C=O) groups is 4. The number of benzene rings is 1. The molecule has 2 aliphatic heterocycles. The first-order chi connectivity index (χ1) is 15.0. The minimum Gasteiger partial charge on any atom is -0.450 e. The summed E-state index contributed by atoms with van der Waals surface area (Å²) in [6.07, 6.45) is 5.76. The molecule has 1 saturated carbocycles. The van der Waals surface area contributed by atoms with Gasteiger partial charge >= 0.3 is 6.09 Å². The Morgan fingerprint density at radius 1 is 1.00 bits per heavy atom. The zero-order valence-electron chi connectivity index (χ0n) is 17.9. The summed E-state index contributed by atoms with van der Waals surface area (Å²) in [5, 5.41) is 2.81. The summed E-state index contributed by atoms with van der Waals surface area (Å²) in [5.74, 6) is -0.676. The highest BCUT2D eigenvalue weighted by molar-refractivity contribution is 6.22. The Morgan fingerprint density at radius 2 is 1.68 bits per heavy atom. The van der Waals surface area contributed by atoms with Crippen molar-refractivity contribution < 1.29 is 23.9 Å². The summed E-state index contributed by atoms with van der Waals surface area (Å²) in [6.45, 7) is 3.09. The third-order valence-corrected chi connectivity index (χ3v) is 6.48. The fourth-order valence-corrected chi connectivity index (χ4v) is 4.81. The van der Waals surface area contributed by atoms with Crippen molar-refractivity contribution in [2.24, 2.45) is 0 Å². The van der Waals surface area contributed by atoms with Gasteiger partial charge in [0.25, 0.3) is 17.7 Å². The number of nitrogens with zero attached hydrogens (tertiary/aromatic N) is 2. The number of ether oxygens (including phenoxy) is 1. The number of carbonyl (C=O) groups excluding carboxylic acids is 4. The van der Waals surface area contributed by atoms with Gasteiger partial charge in [0.05, 0.1) is 17.7 Å². The molecule has 1 aromatic carbocycles. The molecule has 1 aliphatic carbocycles. The quantitative estimate of drug-likeness (QED) is 0.746. The van der Waals surface area contributed by atoms with Crippen molar-refractivity contribution in [2.75, 3.05) is 19.7 Å². The summed E-state index contributed by atoms with van der Waals surface area (Å²) in [4.78, 5) is 53.5. The molecule has 0 unspecified atom stereocenters. The van der Waals surface area contributed by atoms with Crippen molar-refractivity contribution in [3.63, 3.8) is 0 Å². The van der Waals surface area contributed by atoms with Gasteiger partial charge in [-0.05, 0) is 50.8 Å². The lowest BCUT2D eigenvalue weighted by atomic mass is 9.94. The Bertz CT molecular complexity index is 885. The Balaban J connectivity index is 1.42. The van der Waals surface area contributed by atoms with E-state index in [0.29, 0.717) is 49.2 Å². The van der Waals surface area contributed by atoms with Gasteiger partial charge in [-0.2, -0.15) is 0 Å². The first kappa shape index (κ1) is 21.3. The molecular weight excluding hydrogens is 398 g/mol. The van der Waals surface area contributed by atoms with Crippen LogP contribution in [0.15, 0.2) is 18.2 Å². The van der Waals surface area contributed by atoms with E-state index in [2.05, 4.69) is 5.32 Å². The van der Waals surface area contributed by atoms with Crippen LogP contribution in [0, 0.1) is 0 Å². The molecule has 8 heteroatoms. The van der Waals surface area contributed by atoms with Crippen LogP contribution in [0.4, 0.5) is 4.79 Å². The van der Waals surface area contributed by atoms with Gasteiger partial charge in [0.2, 0.25) is 0 Å². The molecule has 0 spiro atoms. The number of amides is 4. The van der Waals surface area contributed by atoms with E-state index < -0.39 is 6.09 Å². The Hall–Kier alpha value is -2.90. The van der Waals surface area contributed by atoms with Gasteiger partial charge in [-0.3, -0.25) is 19.3 Å². The molecule has 8 nitrogen and oxygen atoms in total. The van der Waals surface area contributed by atoms with Crippen LogP contribution < -0.4 is 5.32 Å². The molecule has 0 radical (unpaired) electrons. The van der Waals surface area contributed by atoms with Gasteiger partial charge < -0.3 is 15.0 Å². The van der Waals surface area contributed by atoms with Crippen molar-refractivity contribution in [1.82, 2.24) is 15.1 Å². The number of rotatable bonds is 4. The molecule has 3 aliphatic rings.